The van der Waals surface area contributed by atoms with E-state index in [0.29, 0.717) is 0 Å². The molecule has 1 aliphatic carbocycles. The molecule has 0 radical (unpaired) electrons. The topological polar surface area (TPSA) is 3.24 Å². The third-order valence-electron chi connectivity index (χ3n) is 12.1. The third kappa shape index (κ3) is 5.39. The first kappa shape index (κ1) is 33.8. The van der Waals surface area contributed by atoms with Gasteiger partial charge in [-0.25, -0.2) is 0 Å². The summed E-state index contributed by atoms with van der Waals surface area (Å²) < 4.78 is 0. The first-order valence-electron chi connectivity index (χ1n) is 20.1. The van der Waals surface area contributed by atoms with E-state index < -0.39 is 5.41 Å². The molecular weight excluding hydrogens is 699 g/mol. The van der Waals surface area contributed by atoms with Gasteiger partial charge < -0.3 is 4.90 Å². The van der Waals surface area contributed by atoms with Crippen LogP contribution < -0.4 is 4.90 Å². The second-order valence-corrected chi connectivity index (χ2v) is 15.3. The van der Waals surface area contributed by atoms with Crippen molar-refractivity contribution in [1.82, 2.24) is 0 Å². The van der Waals surface area contributed by atoms with Crippen molar-refractivity contribution in [1.29, 1.82) is 0 Å². The predicted octanol–water partition coefficient (Wildman–Crippen LogP) is 15.2. The van der Waals surface area contributed by atoms with Gasteiger partial charge in [0.1, 0.15) is 0 Å². The average Bonchev–Trinajstić information content (AvgIpc) is 3.61. The summed E-state index contributed by atoms with van der Waals surface area (Å²) in [5, 5.41) is 4.87. The van der Waals surface area contributed by atoms with E-state index in [0.717, 1.165) is 17.1 Å². The van der Waals surface area contributed by atoms with Gasteiger partial charge in [0, 0.05) is 16.6 Å². The molecule has 0 saturated carbocycles. The molecule has 0 aromatic heterocycles. The molecule has 0 spiro atoms. The van der Waals surface area contributed by atoms with Gasteiger partial charge >= 0.3 is 0 Å². The summed E-state index contributed by atoms with van der Waals surface area (Å²) in [7, 11) is 0. The van der Waals surface area contributed by atoms with E-state index in [1.165, 1.54) is 77.2 Å². The van der Waals surface area contributed by atoms with E-state index in [9.17, 15) is 0 Å². The van der Waals surface area contributed by atoms with Gasteiger partial charge in [0.25, 0.3) is 0 Å². The van der Waals surface area contributed by atoms with Crippen LogP contribution in [-0.4, -0.2) is 0 Å². The van der Waals surface area contributed by atoms with E-state index >= 15 is 0 Å². The van der Waals surface area contributed by atoms with Gasteiger partial charge in [-0.15, -0.1) is 0 Å². The van der Waals surface area contributed by atoms with Crippen LogP contribution in [0.2, 0.25) is 0 Å². The number of rotatable bonds is 7. The number of anilines is 3. The minimum Gasteiger partial charge on any atom is -0.309 e. The number of nitrogens with zero attached hydrogens (tertiary/aromatic N) is 1. The fourth-order valence-electron chi connectivity index (χ4n) is 9.53. The zero-order chi connectivity index (χ0) is 38.5. The number of hydrogen-bond acceptors (Lipinski definition) is 1. The summed E-state index contributed by atoms with van der Waals surface area (Å²) in [4.78, 5) is 2.50. The molecule has 1 aliphatic rings. The molecular formula is C57H39N. The zero-order valence-corrected chi connectivity index (χ0v) is 32.0. The third-order valence-corrected chi connectivity index (χ3v) is 12.1. The minimum absolute atomic E-state index is 0.500. The normalized spacial score (nSPS) is 12.6. The predicted molar refractivity (Wildman–Crippen MR) is 244 cm³/mol. The lowest BCUT2D eigenvalue weighted by Crippen LogP contribution is -2.28. The van der Waals surface area contributed by atoms with Crippen LogP contribution in [0.25, 0.3) is 54.9 Å². The van der Waals surface area contributed by atoms with Crippen LogP contribution in [0.1, 0.15) is 22.3 Å². The number of fused-ring (bicyclic) bond motifs is 5. The fourth-order valence-corrected chi connectivity index (χ4v) is 9.53. The van der Waals surface area contributed by atoms with Crippen LogP contribution in [0.5, 0.6) is 0 Å². The van der Waals surface area contributed by atoms with Crippen LogP contribution in [0, 0.1) is 0 Å². The van der Waals surface area contributed by atoms with Crippen molar-refractivity contribution in [3.05, 3.63) is 259 Å². The Morgan fingerprint density at radius 3 is 1.60 bits per heavy atom. The molecule has 11 rings (SSSR count). The second-order valence-electron chi connectivity index (χ2n) is 15.3. The highest BCUT2D eigenvalue weighted by molar-refractivity contribution is 6.04. The van der Waals surface area contributed by atoms with Crippen molar-refractivity contribution in [3.63, 3.8) is 0 Å². The number of benzene rings is 10. The monoisotopic (exact) mass is 737 g/mol. The highest BCUT2D eigenvalue weighted by Gasteiger charge is 2.47. The summed E-state index contributed by atoms with van der Waals surface area (Å²) in [6.45, 7) is 0. The molecule has 58 heavy (non-hydrogen) atoms. The van der Waals surface area contributed by atoms with Crippen molar-refractivity contribution < 1.29 is 0 Å². The molecule has 0 heterocycles. The van der Waals surface area contributed by atoms with E-state index in [1.807, 2.05) is 0 Å². The smallest absolute Gasteiger partial charge is 0.0714 e. The lowest BCUT2D eigenvalue weighted by Gasteiger charge is -2.34. The molecule has 1 nitrogen and oxygen atoms in total. The van der Waals surface area contributed by atoms with E-state index in [4.69, 9.17) is 0 Å². The van der Waals surface area contributed by atoms with Gasteiger partial charge in [-0.2, -0.15) is 0 Å². The van der Waals surface area contributed by atoms with Crippen molar-refractivity contribution in [2.45, 2.75) is 5.41 Å². The molecule has 272 valence electrons. The molecule has 0 amide bonds. The quantitative estimate of drug-likeness (QED) is 0.157. The lowest BCUT2D eigenvalue weighted by molar-refractivity contribution is 0.768. The van der Waals surface area contributed by atoms with Crippen molar-refractivity contribution >= 4 is 38.6 Å². The maximum Gasteiger partial charge on any atom is 0.0714 e. The SMILES string of the molecule is c1ccc(-c2ccc3ccc(-c4cccc(N(c5cccc6c5-c5ccccc5C6(c5ccccc5)c5ccccc5)c5cccc6ccccc56)c4)cc3c2)cc1. The molecule has 10 aromatic rings. The molecule has 10 aromatic carbocycles. The van der Waals surface area contributed by atoms with Gasteiger partial charge in [0.15, 0.2) is 0 Å². The molecule has 0 bridgehead atoms. The van der Waals surface area contributed by atoms with E-state index in [-0.39, 0.29) is 0 Å². The lowest BCUT2D eigenvalue weighted by atomic mass is 9.68. The van der Waals surface area contributed by atoms with Gasteiger partial charge in [0.2, 0.25) is 0 Å². The van der Waals surface area contributed by atoms with Gasteiger partial charge in [-0.3, -0.25) is 0 Å². The zero-order valence-electron chi connectivity index (χ0n) is 32.0. The Morgan fingerprint density at radius 2 is 0.845 bits per heavy atom. The first-order valence-corrected chi connectivity index (χ1v) is 20.1. The largest absolute Gasteiger partial charge is 0.309 e. The van der Waals surface area contributed by atoms with Crippen LogP contribution >= 0.6 is 0 Å². The summed E-state index contributed by atoms with van der Waals surface area (Å²) in [5.74, 6) is 0. The fraction of sp³-hybridized carbons (Fsp3) is 0.0175. The Balaban J connectivity index is 1.15. The van der Waals surface area contributed by atoms with E-state index in [2.05, 4.69) is 241 Å². The van der Waals surface area contributed by atoms with Crippen LogP contribution in [0.15, 0.2) is 237 Å². The Hall–Kier alpha value is -7.48. The Kier molecular flexibility index (Phi) is 8.12. The van der Waals surface area contributed by atoms with Gasteiger partial charge in [-0.1, -0.05) is 200 Å². The Morgan fingerprint density at radius 1 is 0.310 bits per heavy atom. The second kappa shape index (κ2) is 13.9. The van der Waals surface area contributed by atoms with Crippen molar-refractivity contribution in [2.24, 2.45) is 0 Å². The van der Waals surface area contributed by atoms with Crippen molar-refractivity contribution in [2.75, 3.05) is 4.90 Å². The summed E-state index contributed by atoms with van der Waals surface area (Å²) in [5.41, 5.74) is 15.3. The van der Waals surface area contributed by atoms with Crippen molar-refractivity contribution in [3.8, 4) is 33.4 Å². The average molecular weight is 738 g/mol. The summed E-state index contributed by atoms with van der Waals surface area (Å²) in [6.07, 6.45) is 0. The standard InChI is InChI=1S/C57H39N/c1-4-17-40(18-5-1)44-35-33-41-34-36-45(38-46(41)37-44)43-21-14-26-49(39-43)58(54-31-15-20-42-19-10-11-27-50(42)54)55-32-16-30-53-56(55)51-28-12-13-29-52(51)57(53,47-22-6-2-7-23-47)48-24-8-3-9-25-48/h1-39H. The maximum absolute atomic E-state index is 2.50. The Labute approximate surface area is 339 Å². The molecule has 0 fully saturated rings. The minimum atomic E-state index is -0.500. The summed E-state index contributed by atoms with van der Waals surface area (Å²) in [6, 6.07) is 86.9. The molecule has 1 heteroatoms. The molecule has 0 unspecified atom stereocenters. The highest BCUT2D eigenvalue weighted by atomic mass is 15.1. The van der Waals surface area contributed by atoms with Gasteiger partial charge in [-0.05, 0) is 103 Å². The van der Waals surface area contributed by atoms with E-state index in [1.54, 1.807) is 0 Å². The van der Waals surface area contributed by atoms with Gasteiger partial charge in [0.05, 0.1) is 16.8 Å². The molecule has 0 atom stereocenters. The molecule has 0 aliphatic heterocycles. The van der Waals surface area contributed by atoms with Crippen LogP contribution in [0.3, 0.4) is 0 Å². The highest BCUT2D eigenvalue weighted by Crippen LogP contribution is 2.59. The first-order chi connectivity index (χ1) is 28.8. The summed E-state index contributed by atoms with van der Waals surface area (Å²) >= 11 is 0. The van der Waals surface area contributed by atoms with Crippen LogP contribution in [0.4, 0.5) is 17.1 Å². The molecule has 0 saturated heterocycles. The maximum atomic E-state index is 2.50. The number of hydrogen-bond donors (Lipinski definition) is 0. The molecule has 0 N–H and O–H groups in total. The van der Waals surface area contributed by atoms with Crippen LogP contribution in [-0.2, 0) is 5.41 Å². The Bertz CT molecular complexity index is 3070.